The second-order valence-corrected chi connectivity index (χ2v) is 4.42. The first-order valence-electron chi connectivity index (χ1n) is 4.16. The van der Waals surface area contributed by atoms with E-state index in [4.69, 9.17) is 16.7 Å². The van der Waals surface area contributed by atoms with Crippen molar-refractivity contribution in [2.24, 2.45) is 0 Å². The molecule has 0 radical (unpaired) electrons. The Labute approximate surface area is 94.5 Å². The fourth-order valence-corrected chi connectivity index (χ4v) is 2.43. The van der Waals surface area contributed by atoms with Crippen molar-refractivity contribution in [3.63, 3.8) is 0 Å². The number of hydrogen-bond acceptors (Lipinski definition) is 3. The number of nitrogens with zero attached hydrogens (tertiary/aromatic N) is 1. The second kappa shape index (κ2) is 4.04. The van der Waals surface area contributed by atoms with Crippen LogP contribution in [0.3, 0.4) is 0 Å². The van der Waals surface area contributed by atoms with Crippen LogP contribution in [0.15, 0.2) is 18.3 Å². The van der Waals surface area contributed by atoms with E-state index in [1.807, 2.05) is 6.07 Å². The number of pyridine rings is 1. The van der Waals surface area contributed by atoms with Gasteiger partial charge in [0, 0.05) is 11.1 Å². The third kappa shape index (κ3) is 2.19. The molecule has 15 heavy (non-hydrogen) atoms. The first-order chi connectivity index (χ1) is 7.16. The number of aromatic nitrogens is 1. The van der Waals surface area contributed by atoms with Gasteiger partial charge in [-0.25, -0.2) is 4.79 Å². The van der Waals surface area contributed by atoms with Gasteiger partial charge in [0.15, 0.2) is 0 Å². The number of nitrogens with one attached hydrogen (secondary N) is 1. The molecule has 2 N–H and O–H groups in total. The Morgan fingerprint density at radius 1 is 1.67 bits per heavy atom. The molecule has 0 aliphatic rings. The molecule has 4 nitrogen and oxygen atoms in total. The molecule has 0 fully saturated rings. The minimum absolute atomic E-state index is 0.284. The van der Waals surface area contributed by atoms with Crippen LogP contribution in [0, 0.1) is 0 Å². The smallest absolute Gasteiger partial charge is 0.404 e. The lowest BCUT2D eigenvalue weighted by atomic mass is 10.4. The van der Waals surface area contributed by atoms with E-state index in [0.717, 1.165) is 15.1 Å². The molecule has 0 bridgehead atoms. The van der Waals surface area contributed by atoms with Gasteiger partial charge in [-0.3, -0.25) is 4.98 Å². The Kier molecular flexibility index (Phi) is 2.75. The van der Waals surface area contributed by atoms with Crippen molar-refractivity contribution in [1.29, 1.82) is 0 Å². The highest BCUT2D eigenvalue weighted by atomic mass is 35.5. The predicted molar refractivity (Wildman–Crippen MR) is 59.5 cm³/mol. The molecule has 0 spiro atoms. The zero-order valence-corrected chi connectivity index (χ0v) is 9.10. The minimum atomic E-state index is -1.04. The standard InChI is InChI=1S/C9H7ClN2O2S/c10-6-1-2-11-7-3-5(15-8(6)7)4-12-9(13)14/h1-3,12H,4H2,(H,13,14). The predicted octanol–water partition coefficient (Wildman–Crippen LogP) is 2.72. The van der Waals surface area contributed by atoms with Crippen LogP contribution < -0.4 is 5.32 Å². The van der Waals surface area contributed by atoms with Crippen LogP contribution in [-0.2, 0) is 6.54 Å². The van der Waals surface area contributed by atoms with Crippen molar-refractivity contribution in [2.45, 2.75) is 6.54 Å². The maximum atomic E-state index is 10.3. The van der Waals surface area contributed by atoms with Crippen molar-refractivity contribution in [1.82, 2.24) is 10.3 Å². The maximum Gasteiger partial charge on any atom is 0.404 e. The van der Waals surface area contributed by atoms with Crippen molar-refractivity contribution < 1.29 is 9.90 Å². The summed E-state index contributed by atoms with van der Waals surface area (Å²) < 4.78 is 0.890. The van der Waals surface area contributed by atoms with Crippen LogP contribution in [0.2, 0.25) is 5.02 Å². The highest BCUT2D eigenvalue weighted by molar-refractivity contribution is 7.19. The Hall–Kier alpha value is -1.33. The summed E-state index contributed by atoms with van der Waals surface area (Å²) in [7, 11) is 0. The fraction of sp³-hybridized carbons (Fsp3) is 0.111. The Bertz CT molecular complexity index is 512. The summed E-state index contributed by atoms with van der Waals surface area (Å²) in [5.74, 6) is 0. The van der Waals surface area contributed by atoms with Gasteiger partial charge in [0.05, 0.1) is 21.8 Å². The van der Waals surface area contributed by atoms with E-state index in [1.54, 1.807) is 12.3 Å². The van der Waals surface area contributed by atoms with Crippen LogP contribution in [0.4, 0.5) is 4.79 Å². The van der Waals surface area contributed by atoms with Gasteiger partial charge in [-0.05, 0) is 12.1 Å². The van der Waals surface area contributed by atoms with E-state index in [2.05, 4.69) is 10.3 Å². The van der Waals surface area contributed by atoms with Crippen LogP contribution in [0.25, 0.3) is 10.2 Å². The first-order valence-corrected chi connectivity index (χ1v) is 5.36. The molecule has 0 unspecified atom stereocenters. The average Bonchev–Trinajstić information content (AvgIpc) is 2.59. The highest BCUT2D eigenvalue weighted by Crippen LogP contribution is 2.29. The first kappa shape index (κ1) is 10.2. The number of carboxylic acid groups (broad SMARTS) is 1. The normalized spacial score (nSPS) is 10.5. The van der Waals surface area contributed by atoms with E-state index in [0.29, 0.717) is 5.02 Å². The number of amides is 1. The fourth-order valence-electron chi connectivity index (χ4n) is 1.21. The van der Waals surface area contributed by atoms with E-state index >= 15 is 0 Å². The largest absolute Gasteiger partial charge is 0.465 e. The van der Waals surface area contributed by atoms with Gasteiger partial charge in [0.25, 0.3) is 0 Å². The van der Waals surface area contributed by atoms with E-state index in [1.165, 1.54) is 11.3 Å². The lowest BCUT2D eigenvalue weighted by Crippen LogP contribution is -2.19. The summed E-state index contributed by atoms with van der Waals surface area (Å²) in [5.41, 5.74) is 0.801. The molecule has 0 aliphatic carbocycles. The molecule has 78 valence electrons. The molecular formula is C9H7ClN2O2S. The van der Waals surface area contributed by atoms with E-state index in [-0.39, 0.29) is 6.54 Å². The van der Waals surface area contributed by atoms with Crippen LogP contribution in [0.5, 0.6) is 0 Å². The van der Waals surface area contributed by atoms with Gasteiger partial charge in [-0.1, -0.05) is 11.6 Å². The summed E-state index contributed by atoms with van der Waals surface area (Å²) in [4.78, 5) is 15.3. The monoisotopic (exact) mass is 242 g/mol. The third-order valence-corrected chi connectivity index (χ3v) is 3.41. The second-order valence-electron chi connectivity index (χ2n) is 2.88. The lowest BCUT2D eigenvalue weighted by Gasteiger charge is -1.94. The Balaban J connectivity index is 2.31. The Morgan fingerprint density at radius 3 is 3.13 bits per heavy atom. The van der Waals surface area contributed by atoms with Gasteiger partial charge < -0.3 is 10.4 Å². The van der Waals surface area contributed by atoms with E-state index in [9.17, 15) is 4.79 Å². The SMILES string of the molecule is O=C(O)NCc1cc2nccc(Cl)c2s1. The molecule has 0 aliphatic heterocycles. The zero-order chi connectivity index (χ0) is 10.8. The Morgan fingerprint density at radius 2 is 2.47 bits per heavy atom. The van der Waals surface area contributed by atoms with E-state index < -0.39 is 6.09 Å². The molecule has 6 heteroatoms. The van der Waals surface area contributed by atoms with Crippen molar-refractivity contribution >= 4 is 39.2 Å². The molecule has 0 saturated carbocycles. The number of carbonyl (C=O) groups is 1. The van der Waals surface area contributed by atoms with Crippen molar-refractivity contribution in [2.75, 3.05) is 0 Å². The van der Waals surface area contributed by atoms with Gasteiger partial charge in [-0.2, -0.15) is 0 Å². The number of rotatable bonds is 2. The molecule has 2 heterocycles. The number of fused-ring (bicyclic) bond motifs is 1. The minimum Gasteiger partial charge on any atom is -0.465 e. The lowest BCUT2D eigenvalue weighted by molar-refractivity contribution is 0.194. The number of halogens is 1. The number of thiophene rings is 1. The van der Waals surface area contributed by atoms with Crippen LogP contribution >= 0.6 is 22.9 Å². The summed E-state index contributed by atoms with van der Waals surface area (Å²) in [6.07, 6.45) is 0.595. The highest BCUT2D eigenvalue weighted by Gasteiger charge is 2.06. The van der Waals surface area contributed by atoms with Crippen LogP contribution in [-0.4, -0.2) is 16.2 Å². The summed E-state index contributed by atoms with van der Waals surface area (Å²) in [6.45, 7) is 0.284. The third-order valence-electron chi connectivity index (χ3n) is 1.83. The molecule has 0 saturated heterocycles. The molecule has 0 atom stereocenters. The maximum absolute atomic E-state index is 10.3. The number of hydrogen-bond donors (Lipinski definition) is 2. The summed E-state index contributed by atoms with van der Waals surface area (Å²) in [5, 5.41) is 11.4. The van der Waals surface area contributed by atoms with Gasteiger partial charge >= 0.3 is 6.09 Å². The summed E-state index contributed by atoms with van der Waals surface area (Å²) >= 11 is 7.41. The van der Waals surface area contributed by atoms with Gasteiger partial charge in [-0.15, -0.1) is 11.3 Å². The molecule has 2 rings (SSSR count). The van der Waals surface area contributed by atoms with Crippen molar-refractivity contribution in [3.8, 4) is 0 Å². The molecule has 0 aromatic carbocycles. The molecule has 1 amide bonds. The van der Waals surface area contributed by atoms with Crippen molar-refractivity contribution in [3.05, 3.63) is 28.2 Å². The molecule has 2 aromatic heterocycles. The average molecular weight is 243 g/mol. The quantitative estimate of drug-likeness (QED) is 0.851. The zero-order valence-electron chi connectivity index (χ0n) is 7.53. The van der Waals surface area contributed by atoms with Gasteiger partial charge in [0.2, 0.25) is 0 Å². The topological polar surface area (TPSA) is 62.2 Å². The van der Waals surface area contributed by atoms with Gasteiger partial charge in [0.1, 0.15) is 0 Å². The van der Waals surface area contributed by atoms with Crippen LogP contribution in [0.1, 0.15) is 4.88 Å². The molecule has 2 aromatic rings. The summed E-state index contributed by atoms with van der Waals surface area (Å²) in [6, 6.07) is 3.55. The molecular weight excluding hydrogens is 236 g/mol.